The fourth-order valence-electron chi connectivity index (χ4n) is 1.74. The molecule has 0 aromatic carbocycles. The van der Waals surface area contributed by atoms with Crippen molar-refractivity contribution in [2.45, 2.75) is 66.3 Å². The van der Waals surface area contributed by atoms with Gasteiger partial charge in [0.25, 0.3) is 0 Å². The highest BCUT2D eigenvalue weighted by molar-refractivity contribution is 5.76. The fourth-order valence-corrected chi connectivity index (χ4v) is 1.74. The summed E-state index contributed by atoms with van der Waals surface area (Å²) in [5.74, 6) is -0.784. The van der Waals surface area contributed by atoms with Crippen molar-refractivity contribution in [2.24, 2.45) is 10.8 Å². The van der Waals surface area contributed by atoms with E-state index in [2.05, 4.69) is 6.58 Å². The van der Waals surface area contributed by atoms with E-state index >= 15 is 0 Å². The van der Waals surface area contributed by atoms with Crippen LogP contribution in [-0.4, -0.2) is 60.3 Å². The topological polar surface area (TPSA) is 102 Å². The third-order valence-electron chi connectivity index (χ3n) is 3.42. The first-order valence-corrected chi connectivity index (χ1v) is 8.76. The Kier molecular flexibility index (Phi) is 10.1. The molecule has 0 aromatic rings. The monoisotopic (exact) mass is 374 g/mol. The molecule has 0 heterocycles. The zero-order chi connectivity index (χ0) is 20.5. The third-order valence-corrected chi connectivity index (χ3v) is 3.42. The van der Waals surface area contributed by atoms with E-state index in [9.17, 15) is 19.8 Å². The Morgan fingerprint density at radius 3 is 2.00 bits per heavy atom. The summed E-state index contributed by atoms with van der Waals surface area (Å²) in [5.41, 5.74) is -1.30. The predicted octanol–water partition coefficient (Wildman–Crippen LogP) is 1.85. The highest BCUT2D eigenvalue weighted by Crippen LogP contribution is 2.20. The van der Waals surface area contributed by atoms with Gasteiger partial charge >= 0.3 is 11.9 Å². The van der Waals surface area contributed by atoms with Crippen molar-refractivity contribution in [3.05, 3.63) is 12.7 Å². The molecule has 3 unspecified atom stereocenters. The van der Waals surface area contributed by atoms with Crippen LogP contribution in [0.5, 0.6) is 0 Å². The predicted molar refractivity (Wildman–Crippen MR) is 97.4 cm³/mol. The standard InChI is InChI=1S/C19H34O7/c1-8-14(26-17(23)19(5,6)7)15(13(21)12-20)24-10-9-11-25-16(22)18(2,3)4/h8,13-15,20-21H,1,9-12H2,2-7H3. The van der Waals surface area contributed by atoms with Crippen LogP contribution in [0, 0.1) is 10.8 Å². The molecule has 0 aliphatic carbocycles. The number of carbonyl (C=O) groups excluding carboxylic acids is 2. The van der Waals surface area contributed by atoms with E-state index in [1.54, 1.807) is 41.5 Å². The van der Waals surface area contributed by atoms with Gasteiger partial charge < -0.3 is 24.4 Å². The van der Waals surface area contributed by atoms with Gasteiger partial charge in [-0.3, -0.25) is 9.59 Å². The summed E-state index contributed by atoms with van der Waals surface area (Å²) in [4.78, 5) is 23.7. The van der Waals surface area contributed by atoms with Crippen LogP contribution in [0.3, 0.4) is 0 Å². The fraction of sp³-hybridized carbons (Fsp3) is 0.789. The smallest absolute Gasteiger partial charge is 0.311 e. The van der Waals surface area contributed by atoms with Gasteiger partial charge in [-0.05, 0) is 47.6 Å². The van der Waals surface area contributed by atoms with Crippen LogP contribution in [-0.2, 0) is 23.8 Å². The molecule has 0 bridgehead atoms. The summed E-state index contributed by atoms with van der Waals surface area (Å²) in [7, 11) is 0. The number of esters is 2. The van der Waals surface area contributed by atoms with Gasteiger partial charge in [0, 0.05) is 6.42 Å². The minimum atomic E-state index is -1.25. The van der Waals surface area contributed by atoms with Crippen molar-refractivity contribution >= 4 is 11.9 Å². The molecule has 26 heavy (non-hydrogen) atoms. The Bertz CT molecular complexity index is 459. The third kappa shape index (κ3) is 8.78. The van der Waals surface area contributed by atoms with Crippen LogP contribution in [0.1, 0.15) is 48.0 Å². The molecule has 7 nitrogen and oxygen atoms in total. The molecular formula is C19H34O7. The van der Waals surface area contributed by atoms with Crippen LogP contribution in [0.25, 0.3) is 0 Å². The lowest BCUT2D eigenvalue weighted by Crippen LogP contribution is -2.44. The summed E-state index contributed by atoms with van der Waals surface area (Å²) in [6, 6.07) is 0. The van der Waals surface area contributed by atoms with Gasteiger partial charge in [-0.1, -0.05) is 6.58 Å². The lowest BCUT2D eigenvalue weighted by Gasteiger charge is -2.30. The molecule has 0 amide bonds. The van der Waals surface area contributed by atoms with Crippen LogP contribution >= 0.6 is 0 Å². The van der Waals surface area contributed by atoms with Gasteiger partial charge in [0.15, 0.2) is 0 Å². The van der Waals surface area contributed by atoms with Crippen molar-refractivity contribution in [1.82, 2.24) is 0 Å². The first-order valence-electron chi connectivity index (χ1n) is 8.76. The summed E-state index contributed by atoms with van der Waals surface area (Å²) in [6.45, 7) is 13.8. The van der Waals surface area contributed by atoms with E-state index in [0.29, 0.717) is 6.42 Å². The maximum absolute atomic E-state index is 12.1. The average molecular weight is 374 g/mol. The summed E-state index contributed by atoms with van der Waals surface area (Å²) in [5, 5.41) is 19.2. The molecule has 0 saturated carbocycles. The van der Waals surface area contributed by atoms with Crippen molar-refractivity contribution in [1.29, 1.82) is 0 Å². The number of hydrogen-bond acceptors (Lipinski definition) is 7. The second-order valence-electron chi connectivity index (χ2n) is 8.18. The Morgan fingerprint density at radius 1 is 1.04 bits per heavy atom. The number of carbonyl (C=O) groups is 2. The molecule has 7 heteroatoms. The summed E-state index contributed by atoms with van der Waals surface area (Å²) in [6.07, 6.45) is -1.38. The molecule has 0 rings (SSSR count). The molecular weight excluding hydrogens is 340 g/mol. The van der Waals surface area contributed by atoms with E-state index in [1.165, 1.54) is 6.08 Å². The van der Waals surface area contributed by atoms with Crippen molar-refractivity contribution in [3.63, 3.8) is 0 Å². The second kappa shape index (κ2) is 10.6. The van der Waals surface area contributed by atoms with Gasteiger partial charge in [-0.2, -0.15) is 0 Å². The molecule has 0 fully saturated rings. The average Bonchev–Trinajstić information content (AvgIpc) is 2.53. The van der Waals surface area contributed by atoms with Gasteiger partial charge in [-0.25, -0.2) is 0 Å². The first-order chi connectivity index (χ1) is 11.8. The normalized spacial score (nSPS) is 15.7. The minimum absolute atomic E-state index is 0.149. The first kappa shape index (κ1) is 24.6. The molecule has 0 aromatic heterocycles. The Balaban J connectivity index is 4.67. The molecule has 0 aliphatic heterocycles. The summed E-state index contributed by atoms with van der Waals surface area (Å²) >= 11 is 0. The number of aliphatic hydroxyl groups excluding tert-OH is 2. The van der Waals surface area contributed by atoms with Crippen LogP contribution in [0.15, 0.2) is 12.7 Å². The lowest BCUT2D eigenvalue weighted by atomic mass is 9.97. The maximum atomic E-state index is 12.1. The molecule has 152 valence electrons. The molecule has 0 radical (unpaired) electrons. The van der Waals surface area contributed by atoms with Gasteiger partial charge in [0.2, 0.25) is 0 Å². The second-order valence-corrected chi connectivity index (χ2v) is 8.18. The zero-order valence-corrected chi connectivity index (χ0v) is 16.8. The van der Waals surface area contributed by atoms with Crippen molar-refractivity contribution in [3.8, 4) is 0 Å². The molecule has 0 aliphatic rings. The van der Waals surface area contributed by atoms with E-state index in [-0.39, 0.29) is 19.2 Å². The molecule has 2 N–H and O–H groups in total. The zero-order valence-electron chi connectivity index (χ0n) is 16.8. The van der Waals surface area contributed by atoms with E-state index < -0.39 is 41.7 Å². The van der Waals surface area contributed by atoms with E-state index in [0.717, 1.165) is 0 Å². The number of ether oxygens (including phenoxy) is 3. The van der Waals surface area contributed by atoms with Crippen molar-refractivity contribution in [2.75, 3.05) is 19.8 Å². The maximum Gasteiger partial charge on any atom is 0.311 e. The minimum Gasteiger partial charge on any atom is -0.465 e. The lowest BCUT2D eigenvalue weighted by molar-refractivity contribution is -0.171. The largest absolute Gasteiger partial charge is 0.465 e. The Hall–Kier alpha value is -1.44. The molecule has 0 spiro atoms. The molecule has 3 atom stereocenters. The van der Waals surface area contributed by atoms with Crippen LogP contribution in [0.2, 0.25) is 0 Å². The van der Waals surface area contributed by atoms with E-state index in [4.69, 9.17) is 14.2 Å². The van der Waals surface area contributed by atoms with Gasteiger partial charge in [-0.15, -0.1) is 0 Å². The highest BCUT2D eigenvalue weighted by Gasteiger charge is 2.33. The Morgan fingerprint density at radius 2 is 1.58 bits per heavy atom. The number of rotatable bonds is 10. The number of hydrogen-bond donors (Lipinski definition) is 2. The van der Waals surface area contributed by atoms with Crippen molar-refractivity contribution < 1.29 is 34.0 Å². The van der Waals surface area contributed by atoms with Gasteiger partial charge in [0.1, 0.15) is 18.3 Å². The van der Waals surface area contributed by atoms with Crippen LogP contribution < -0.4 is 0 Å². The van der Waals surface area contributed by atoms with Gasteiger partial charge in [0.05, 0.1) is 30.7 Å². The molecule has 0 saturated heterocycles. The highest BCUT2D eigenvalue weighted by atomic mass is 16.6. The van der Waals surface area contributed by atoms with E-state index in [1.807, 2.05) is 0 Å². The SMILES string of the molecule is C=CC(OC(=O)C(C)(C)C)C(OCCCOC(=O)C(C)(C)C)C(O)CO. The quantitative estimate of drug-likeness (QED) is 0.342. The van der Waals surface area contributed by atoms with Crippen LogP contribution in [0.4, 0.5) is 0 Å². The Labute approximate surface area is 156 Å². The summed E-state index contributed by atoms with van der Waals surface area (Å²) < 4.78 is 16.1. The number of aliphatic hydroxyl groups is 2.